The number of hydrogen-bond acceptors (Lipinski definition) is 2. The van der Waals surface area contributed by atoms with Gasteiger partial charge < -0.3 is 5.32 Å². The number of aryl methyl sites for hydroxylation is 3. The molecule has 1 aliphatic carbocycles. The van der Waals surface area contributed by atoms with Crippen molar-refractivity contribution in [3.8, 4) is 0 Å². The van der Waals surface area contributed by atoms with E-state index < -0.39 is 9.75 Å². The van der Waals surface area contributed by atoms with Crippen molar-refractivity contribution in [3.63, 3.8) is 0 Å². The first kappa shape index (κ1) is 13.6. The number of nitrogens with one attached hydrogen (secondary N) is 1. The summed E-state index contributed by atoms with van der Waals surface area (Å²) in [6.07, 6.45) is 0.479. The Balaban J connectivity index is 2.24. The molecule has 98 valence electrons. The number of aromatic nitrogens is 1. The van der Waals surface area contributed by atoms with Crippen LogP contribution in [0.3, 0.4) is 0 Å². The number of carbonyl (C=O) groups excluding carboxylic acids is 1. The van der Waals surface area contributed by atoms with Gasteiger partial charge in [-0.1, -0.05) is 0 Å². The highest BCUT2D eigenvalue weighted by atomic mass is 35.5. The van der Waals surface area contributed by atoms with Crippen LogP contribution in [0.1, 0.15) is 30.3 Å². The molecule has 0 aliphatic heterocycles. The molecule has 1 unspecified atom stereocenters. The van der Waals surface area contributed by atoms with Crippen LogP contribution in [0.5, 0.6) is 0 Å². The number of nitrogens with zero attached hydrogens (tertiary/aromatic N) is 1. The molecule has 1 saturated carbocycles. The van der Waals surface area contributed by atoms with Crippen LogP contribution in [0.25, 0.3) is 0 Å². The zero-order valence-corrected chi connectivity index (χ0v) is 12.4. The van der Waals surface area contributed by atoms with Crippen molar-refractivity contribution in [2.24, 2.45) is 5.41 Å². The molecule has 0 radical (unpaired) electrons. The van der Waals surface area contributed by atoms with Gasteiger partial charge in [0.25, 0.3) is 0 Å². The summed E-state index contributed by atoms with van der Waals surface area (Å²) in [5.41, 5.74) is 2.78. The van der Waals surface area contributed by atoms with E-state index in [9.17, 15) is 4.79 Å². The highest BCUT2D eigenvalue weighted by Gasteiger charge is 2.67. The number of amides is 1. The molecule has 1 aromatic rings. The molecule has 5 heteroatoms. The quantitative estimate of drug-likeness (QED) is 0.845. The Hall–Kier alpha value is -0.800. The maximum atomic E-state index is 12.2. The van der Waals surface area contributed by atoms with Gasteiger partial charge in [-0.2, -0.15) is 0 Å². The molecule has 1 N–H and O–H groups in total. The van der Waals surface area contributed by atoms with Gasteiger partial charge in [0, 0.05) is 5.69 Å². The first-order chi connectivity index (χ1) is 8.17. The third-order valence-electron chi connectivity index (χ3n) is 3.52. The number of alkyl halides is 2. The topological polar surface area (TPSA) is 42.0 Å². The Labute approximate surface area is 117 Å². The van der Waals surface area contributed by atoms with Gasteiger partial charge in [0.2, 0.25) is 5.91 Å². The minimum atomic E-state index is -0.947. The number of rotatable bonds is 2. The molecule has 0 spiro atoms. The van der Waals surface area contributed by atoms with Crippen LogP contribution in [0.2, 0.25) is 0 Å². The van der Waals surface area contributed by atoms with E-state index in [1.165, 1.54) is 0 Å². The van der Waals surface area contributed by atoms with E-state index in [-0.39, 0.29) is 5.91 Å². The van der Waals surface area contributed by atoms with Gasteiger partial charge in [-0.25, -0.2) is 0 Å². The van der Waals surface area contributed by atoms with E-state index in [0.29, 0.717) is 6.42 Å². The molecule has 2 rings (SSSR count). The molecule has 1 heterocycles. The van der Waals surface area contributed by atoms with E-state index in [0.717, 1.165) is 22.6 Å². The minimum Gasteiger partial charge on any atom is -0.324 e. The fourth-order valence-electron chi connectivity index (χ4n) is 2.11. The zero-order valence-electron chi connectivity index (χ0n) is 10.9. The Morgan fingerprint density at radius 1 is 1.39 bits per heavy atom. The molecule has 0 bridgehead atoms. The SMILES string of the molecule is Cc1cc(C)c(NC(=O)C2(C)CC2(Cl)Cl)c(C)n1. The maximum absolute atomic E-state index is 12.2. The maximum Gasteiger partial charge on any atom is 0.233 e. The third kappa shape index (κ3) is 2.10. The van der Waals surface area contributed by atoms with Gasteiger partial charge in [-0.05, 0) is 45.7 Å². The fourth-order valence-corrected chi connectivity index (χ4v) is 2.82. The van der Waals surface area contributed by atoms with E-state index in [4.69, 9.17) is 23.2 Å². The van der Waals surface area contributed by atoms with Crippen LogP contribution >= 0.6 is 23.2 Å². The second-order valence-corrected chi connectivity index (χ2v) is 6.69. The highest BCUT2D eigenvalue weighted by molar-refractivity contribution is 6.53. The summed E-state index contributed by atoms with van der Waals surface area (Å²) in [4.78, 5) is 16.5. The summed E-state index contributed by atoms with van der Waals surface area (Å²) in [7, 11) is 0. The fraction of sp³-hybridized carbons (Fsp3) is 0.538. The lowest BCUT2D eigenvalue weighted by molar-refractivity contribution is -0.120. The second-order valence-electron chi connectivity index (χ2n) is 5.21. The summed E-state index contributed by atoms with van der Waals surface area (Å²) >= 11 is 12.0. The molecule has 1 atom stereocenters. The summed E-state index contributed by atoms with van der Waals surface area (Å²) in [5, 5.41) is 2.89. The van der Waals surface area contributed by atoms with E-state index in [2.05, 4.69) is 10.3 Å². The number of hydrogen-bond donors (Lipinski definition) is 1. The van der Waals surface area contributed by atoms with Gasteiger partial charge in [-0.3, -0.25) is 9.78 Å². The first-order valence-electron chi connectivity index (χ1n) is 5.81. The predicted octanol–water partition coefficient (Wildman–Crippen LogP) is 3.53. The average Bonchev–Trinajstić information content (AvgIpc) is 2.73. The zero-order chi connectivity index (χ0) is 13.7. The van der Waals surface area contributed by atoms with Crippen molar-refractivity contribution in [3.05, 3.63) is 23.0 Å². The lowest BCUT2D eigenvalue weighted by atomic mass is 10.1. The molecule has 0 aromatic carbocycles. The Kier molecular flexibility index (Phi) is 3.11. The van der Waals surface area contributed by atoms with Crippen LogP contribution in [-0.2, 0) is 4.79 Å². The molecule has 1 amide bonds. The van der Waals surface area contributed by atoms with Gasteiger partial charge >= 0.3 is 0 Å². The van der Waals surface area contributed by atoms with Crippen LogP contribution in [0.4, 0.5) is 5.69 Å². The third-order valence-corrected chi connectivity index (χ3v) is 4.62. The first-order valence-corrected chi connectivity index (χ1v) is 6.57. The Bertz CT molecular complexity index is 505. The van der Waals surface area contributed by atoms with Crippen LogP contribution in [0, 0.1) is 26.2 Å². The Morgan fingerprint density at radius 3 is 2.39 bits per heavy atom. The molecule has 3 nitrogen and oxygen atoms in total. The largest absolute Gasteiger partial charge is 0.324 e. The van der Waals surface area contributed by atoms with Crippen LogP contribution < -0.4 is 5.32 Å². The molecular formula is C13H16Cl2N2O. The number of carbonyl (C=O) groups is 1. The molecule has 0 saturated heterocycles. The average molecular weight is 287 g/mol. The lowest BCUT2D eigenvalue weighted by Crippen LogP contribution is -2.26. The Morgan fingerprint density at radius 2 is 1.94 bits per heavy atom. The van der Waals surface area contributed by atoms with Gasteiger partial charge in [-0.15, -0.1) is 23.2 Å². The second kappa shape index (κ2) is 4.10. The standard InChI is InChI=1S/C13H16Cl2N2O/c1-7-5-8(2)16-9(3)10(7)17-11(18)12(4)6-13(12,14)15/h5H,6H2,1-4H3,(H,17,18). The van der Waals surface area contributed by atoms with Gasteiger partial charge in [0.15, 0.2) is 0 Å². The minimum absolute atomic E-state index is 0.149. The van der Waals surface area contributed by atoms with Crippen molar-refractivity contribution in [2.45, 2.75) is 38.4 Å². The highest BCUT2D eigenvalue weighted by Crippen LogP contribution is 2.64. The molecule has 1 fully saturated rings. The molecule has 1 aromatic heterocycles. The smallest absolute Gasteiger partial charge is 0.233 e. The lowest BCUT2D eigenvalue weighted by Gasteiger charge is -2.16. The number of anilines is 1. The summed E-state index contributed by atoms with van der Waals surface area (Å²) in [6.45, 7) is 7.52. The van der Waals surface area contributed by atoms with Crippen molar-refractivity contribution >= 4 is 34.8 Å². The molecule has 18 heavy (non-hydrogen) atoms. The number of pyridine rings is 1. The summed E-state index contributed by atoms with van der Waals surface area (Å²) in [6, 6.07) is 1.94. The van der Waals surface area contributed by atoms with Gasteiger partial charge in [0.05, 0.1) is 16.8 Å². The van der Waals surface area contributed by atoms with E-state index >= 15 is 0 Å². The van der Waals surface area contributed by atoms with Crippen molar-refractivity contribution in [1.82, 2.24) is 4.98 Å². The normalized spacial score (nSPS) is 24.8. The summed E-state index contributed by atoms with van der Waals surface area (Å²) < 4.78 is -0.947. The van der Waals surface area contributed by atoms with Crippen molar-refractivity contribution in [1.29, 1.82) is 0 Å². The molecule has 1 aliphatic rings. The number of halogens is 2. The van der Waals surface area contributed by atoms with E-state index in [1.807, 2.05) is 26.8 Å². The van der Waals surface area contributed by atoms with E-state index in [1.54, 1.807) is 6.92 Å². The van der Waals surface area contributed by atoms with Crippen LogP contribution in [0.15, 0.2) is 6.07 Å². The monoisotopic (exact) mass is 286 g/mol. The van der Waals surface area contributed by atoms with Gasteiger partial charge in [0.1, 0.15) is 4.33 Å². The predicted molar refractivity (Wildman–Crippen MR) is 74.2 cm³/mol. The van der Waals surface area contributed by atoms with Crippen molar-refractivity contribution in [2.75, 3.05) is 5.32 Å². The molecular weight excluding hydrogens is 271 g/mol. The summed E-state index contributed by atoms with van der Waals surface area (Å²) in [5.74, 6) is -0.149. The van der Waals surface area contributed by atoms with Crippen LogP contribution in [-0.4, -0.2) is 15.2 Å². The van der Waals surface area contributed by atoms with Crippen molar-refractivity contribution < 1.29 is 4.79 Å².